The van der Waals surface area contributed by atoms with Gasteiger partial charge in [-0.3, -0.25) is 10.2 Å². The highest BCUT2D eigenvalue weighted by Crippen LogP contribution is 2.39. The molecule has 0 saturated heterocycles. The molecule has 0 spiro atoms. The molecule has 10 heteroatoms. The molecule has 1 aromatic heterocycles. The molecule has 1 heterocycles. The number of hydrogen-bond donors (Lipinski definition) is 1. The second-order valence-corrected chi connectivity index (χ2v) is 16.2. The lowest BCUT2D eigenvalue weighted by atomic mass is 9.77. The van der Waals surface area contributed by atoms with Gasteiger partial charge in [-0.15, -0.1) is 0 Å². The first-order chi connectivity index (χ1) is 27.5. The van der Waals surface area contributed by atoms with E-state index in [0.29, 0.717) is 37.4 Å². The number of rotatable bonds is 20. The van der Waals surface area contributed by atoms with E-state index < -0.39 is 0 Å². The van der Waals surface area contributed by atoms with E-state index in [-0.39, 0.29) is 17.9 Å². The topological polar surface area (TPSA) is 108 Å². The highest BCUT2D eigenvalue weighted by atomic mass is 32.1. The van der Waals surface area contributed by atoms with Crippen LogP contribution in [-0.2, 0) is 14.3 Å². The Kier molecular flexibility index (Phi) is 15.8. The smallest absolute Gasteiger partial charge is 0.330 e. The maximum Gasteiger partial charge on any atom is 0.330 e. The third-order valence-corrected chi connectivity index (χ3v) is 12.1. The molecule has 0 aliphatic heterocycles. The zero-order chi connectivity index (χ0) is 39.0. The highest BCUT2D eigenvalue weighted by Gasteiger charge is 2.29. The van der Waals surface area contributed by atoms with Gasteiger partial charge >= 0.3 is 11.9 Å². The Bertz CT molecular complexity index is 1840. The summed E-state index contributed by atoms with van der Waals surface area (Å²) in [6.07, 6.45) is 17.8. The van der Waals surface area contributed by atoms with Crippen LogP contribution in [-0.4, -0.2) is 43.0 Å². The monoisotopic (exact) mass is 779 g/mol. The lowest BCUT2D eigenvalue weighted by Gasteiger charge is -2.29. The van der Waals surface area contributed by atoms with Crippen LogP contribution in [0, 0.1) is 17.8 Å². The average Bonchev–Trinajstić information content (AvgIpc) is 3.65. The van der Waals surface area contributed by atoms with Crippen molar-refractivity contribution in [2.24, 2.45) is 22.9 Å². The summed E-state index contributed by atoms with van der Waals surface area (Å²) in [4.78, 5) is 28.8. The molecular formula is C46H57N3O6S. The largest absolute Gasteiger partial charge is 0.494 e. The van der Waals surface area contributed by atoms with Crippen molar-refractivity contribution in [2.75, 3.05) is 25.2 Å². The van der Waals surface area contributed by atoms with E-state index >= 15 is 0 Å². The summed E-state index contributed by atoms with van der Waals surface area (Å²) in [5, 5.41) is 5.37. The Hall–Kier alpha value is -4.70. The van der Waals surface area contributed by atoms with Crippen LogP contribution < -0.4 is 19.6 Å². The fraction of sp³-hybridized carbons (Fsp3) is 0.478. The van der Waals surface area contributed by atoms with Crippen LogP contribution in [0.2, 0.25) is 0 Å². The molecule has 2 fully saturated rings. The van der Waals surface area contributed by atoms with Crippen LogP contribution in [0.3, 0.4) is 0 Å². The van der Waals surface area contributed by atoms with Gasteiger partial charge in [-0.1, -0.05) is 55.9 Å². The number of ether oxygens (including phenoxy) is 4. The van der Waals surface area contributed by atoms with Crippen molar-refractivity contribution in [2.45, 2.75) is 103 Å². The number of fused-ring (bicyclic) bond motifs is 1. The number of nitrogens with one attached hydrogen (secondary N) is 1. The quantitative estimate of drug-likeness (QED) is 0.0236. The van der Waals surface area contributed by atoms with Gasteiger partial charge in [0.05, 0.1) is 42.2 Å². The molecule has 6 rings (SSSR count). The second kappa shape index (κ2) is 21.6. The molecular weight excluding hydrogens is 723 g/mol. The Morgan fingerprint density at radius 3 is 2.34 bits per heavy atom. The summed E-state index contributed by atoms with van der Waals surface area (Å²) in [6.45, 7) is 7.30. The van der Waals surface area contributed by atoms with E-state index in [4.69, 9.17) is 18.9 Å². The number of unbranched alkanes of at least 4 members (excludes halogenated alkanes) is 3. The van der Waals surface area contributed by atoms with Crippen LogP contribution in [0.1, 0.15) is 114 Å². The van der Waals surface area contributed by atoms with Gasteiger partial charge in [0.15, 0.2) is 0 Å². The Morgan fingerprint density at radius 1 is 0.857 bits per heavy atom. The zero-order valence-corrected chi connectivity index (χ0v) is 33.6. The fourth-order valence-electron chi connectivity index (χ4n) is 7.88. The van der Waals surface area contributed by atoms with Gasteiger partial charge in [-0.25, -0.2) is 9.78 Å². The van der Waals surface area contributed by atoms with Crippen LogP contribution in [0.15, 0.2) is 84.5 Å². The Morgan fingerprint density at radius 2 is 1.59 bits per heavy atom. The molecule has 0 unspecified atom stereocenters. The van der Waals surface area contributed by atoms with Gasteiger partial charge < -0.3 is 18.9 Å². The molecule has 0 atom stereocenters. The average molecular weight is 780 g/mol. The summed E-state index contributed by atoms with van der Waals surface area (Å²) in [7, 11) is 0. The van der Waals surface area contributed by atoms with Crippen molar-refractivity contribution in [3.8, 4) is 17.2 Å². The summed E-state index contributed by atoms with van der Waals surface area (Å²) < 4.78 is 24.2. The van der Waals surface area contributed by atoms with E-state index in [1.54, 1.807) is 23.5 Å². The minimum atomic E-state index is -0.380. The number of hydrogen-bond acceptors (Lipinski definition) is 10. The highest BCUT2D eigenvalue weighted by molar-refractivity contribution is 7.22. The van der Waals surface area contributed by atoms with E-state index in [0.717, 1.165) is 89.7 Å². The molecule has 4 aromatic rings. The van der Waals surface area contributed by atoms with E-state index in [2.05, 4.69) is 53.3 Å². The number of nitrogens with zero attached hydrogens (tertiary/aromatic N) is 2. The summed E-state index contributed by atoms with van der Waals surface area (Å²) in [6, 6.07) is 22.0. The number of carbonyl (C=O) groups excluding carboxylic acids is 2. The number of benzene rings is 3. The summed E-state index contributed by atoms with van der Waals surface area (Å²) >= 11 is 1.59. The number of esters is 2. The molecule has 0 amide bonds. The van der Waals surface area contributed by atoms with Crippen molar-refractivity contribution >= 4 is 44.8 Å². The molecule has 298 valence electrons. The standard InChI is InChI=1S/C46H57N3O6S/c1-3-11-33-14-18-35(19-15-33)37-22-27-42(38(30-37)31-47-49-46-48-41-12-7-8-13-43(41)56-46)54-32-34-16-20-36(21-17-34)45(51)55-40-25-23-39(24-26-40)52-28-9-5-6-10-29-53-44(50)4-2/h4,7-8,12-13,22-27,30-31,33-36H,2-3,5-6,9-11,14-21,28-29,32H2,1H3,(H,48,49)/b47-31+. The van der Waals surface area contributed by atoms with E-state index in [1.807, 2.05) is 36.5 Å². The Balaban J connectivity index is 0.951. The molecule has 9 nitrogen and oxygen atoms in total. The molecule has 1 N–H and O–H groups in total. The lowest BCUT2D eigenvalue weighted by molar-refractivity contribution is -0.140. The van der Waals surface area contributed by atoms with Gasteiger partial charge in [0.2, 0.25) is 5.13 Å². The van der Waals surface area contributed by atoms with Crippen molar-refractivity contribution in [1.82, 2.24) is 4.98 Å². The number of para-hydroxylation sites is 1. The van der Waals surface area contributed by atoms with Crippen molar-refractivity contribution in [3.05, 3.63) is 90.5 Å². The van der Waals surface area contributed by atoms with Gasteiger partial charge in [0.25, 0.3) is 0 Å². The first-order valence-electron chi connectivity index (χ1n) is 20.6. The first-order valence-corrected chi connectivity index (χ1v) is 21.4. The van der Waals surface area contributed by atoms with E-state index in [1.165, 1.54) is 50.2 Å². The molecule has 2 aliphatic rings. The number of carbonyl (C=O) groups is 2. The van der Waals surface area contributed by atoms with Crippen LogP contribution in [0.25, 0.3) is 10.2 Å². The predicted molar refractivity (Wildman–Crippen MR) is 225 cm³/mol. The maximum absolute atomic E-state index is 13.1. The number of anilines is 1. The summed E-state index contributed by atoms with van der Waals surface area (Å²) in [5.74, 6) is 3.24. The molecule has 0 bridgehead atoms. The van der Waals surface area contributed by atoms with Gasteiger partial charge in [0, 0.05) is 11.6 Å². The van der Waals surface area contributed by atoms with Crippen LogP contribution in [0.4, 0.5) is 5.13 Å². The minimum absolute atomic E-state index is 0.120. The van der Waals surface area contributed by atoms with E-state index in [9.17, 15) is 9.59 Å². The molecule has 2 aliphatic carbocycles. The number of aromatic nitrogens is 1. The number of hydrazone groups is 1. The molecule has 2 saturated carbocycles. The third kappa shape index (κ3) is 12.4. The summed E-state index contributed by atoms with van der Waals surface area (Å²) in [5.41, 5.74) is 6.45. The van der Waals surface area contributed by atoms with Crippen molar-refractivity contribution in [3.63, 3.8) is 0 Å². The lowest BCUT2D eigenvalue weighted by Crippen LogP contribution is -2.27. The normalized spacial score (nSPS) is 19.7. The SMILES string of the molecule is C=CC(=O)OCCCCCCOc1ccc(OC(=O)C2CCC(COc3ccc(C4CCC(CCC)CC4)cc3/C=N/Nc3nc4ccccc4s3)CC2)cc1. The van der Waals surface area contributed by atoms with Crippen molar-refractivity contribution < 1.29 is 28.5 Å². The molecule has 56 heavy (non-hydrogen) atoms. The maximum atomic E-state index is 13.1. The molecule has 0 radical (unpaired) electrons. The predicted octanol–water partition coefficient (Wildman–Crippen LogP) is 11.3. The fourth-order valence-corrected chi connectivity index (χ4v) is 8.69. The second-order valence-electron chi connectivity index (χ2n) is 15.2. The minimum Gasteiger partial charge on any atom is -0.494 e. The van der Waals surface area contributed by atoms with Crippen LogP contribution >= 0.6 is 11.3 Å². The number of thiazole rings is 1. The first kappa shape index (κ1) is 40.9. The zero-order valence-electron chi connectivity index (χ0n) is 32.8. The van der Waals surface area contributed by atoms with Gasteiger partial charge in [0.1, 0.15) is 17.2 Å². The van der Waals surface area contributed by atoms with Crippen LogP contribution in [0.5, 0.6) is 17.2 Å². The third-order valence-electron chi connectivity index (χ3n) is 11.1. The van der Waals surface area contributed by atoms with Crippen molar-refractivity contribution in [1.29, 1.82) is 0 Å². The molecule has 3 aromatic carbocycles. The Labute approximate surface area is 335 Å². The van der Waals surface area contributed by atoms with Gasteiger partial charge in [-0.2, -0.15) is 5.10 Å². The van der Waals surface area contributed by atoms with Gasteiger partial charge in [-0.05, 0) is 149 Å².